The zero-order valence-electron chi connectivity index (χ0n) is 22.5. The highest BCUT2D eigenvalue weighted by molar-refractivity contribution is 6.12. The summed E-state index contributed by atoms with van der Waals surface area (Å²) in [4.78, 5) is 2.21. The van der Waals surface area contributed by atoms with Gasteiger partial charge >= 0.3 is 0 Å². The molecule has 0 bridgehead atoms. The molecule has 9 aromatic rings. The Morgan fingerprint density at radius 3 is 1.26 bits per heavy atom. The molecule has 0 radical (unpaired) electrons. The van der Waals surface area contributed by atoms with Crippen LogP contribution in [0.1, 0.15) is 0 Å². The van der Waals surface area contributed by atoms with Gasteiger partial charge in [0.05, 0.1) is 0 Å². The highest BCUT2D eigenvalue weighted by Gasteiger charge is 2.18. The molecule has 0 aliphatic heterocycles. The van der Waals surface area contributed by atoms with E-state index in [2.05, 4.69) is 114 Å². The summed E-state index contributed by atoms with van der Waals surface area (Å²) in [6, 6.07) is 46.2. The summed E-state index contributed by atoms with van der Waals surface area (Å²) in [5.74, 6) is 0. The third kappa shape index (κ3) is 3.49. The molecule has 0 unspecified atom stereocenters. The van der Waals surface area contributed by atoms with Crippen molar-refractivity contribution in [2.24, 2.45) is 0 Å². The van der Waals surface area contributed by atoms with Crippen molar-refractivity contribution in [1.82, 2.24) is 0 Å². The molecule has 0 amide bonds. The third-order valence-corrected chi connectivity index (χ3v) is 8.31. The Kier molecular flexibility index (Phi) is 4.73. The summed E-state index contributed by atoms with van der Waals surface area (Å²) in [5, 5.41) is 9.16. The number of hydrogen-bond donors (Lipinski definition) is 1. The Balaban J connectivity index is 1.24. The molecule has 4 heteroatoms. The summed E-state index contributed by atoms with van der Waals surface area (Å²) in [7, 11) is 0. The van der Waals surface area contributed by atoms with Crippen LogP contribution in [0.4, 0.5) is 22.7 Å². The van der Waals surface area contributed by atoms with Crippen molar-refractivity contribution < 1.29 is 8.83 Å². The van der Waals surface area contributed by atoms with Crippen LogP contribution in [0.3, 0.4) is 0 Å². The van der Waals surface area contributed by atoms with Gasteiger partial charge in [0, 0.05) is 56.4 Å². The van der Waals surface area contributed by atoms with Crippen LogP contribution in [0.15, 0.2) is 142 Å². The van der Waals surface area contributed by atoms with Crippen molar-refractivity contribution in [3.05, 3.63) is 133 Å². The molecule has 42 heavy (non-hydrogen) atoms. The van der Waals surface area contributed by atoms with E-state index in [0.717, 1.165) is 66.6 Å². The van der Waals surface area contributed by atoms with Crippen molar-refractivity contribution in [3.63, 3.8) is 0 Å². The van der Waals surface area contributed by atoms with E-state index in [1.807, 2.05) is 24.3 Å². The van der Waals surface area contributed by atoms with Crippen LogP contribution >= 0.6 is 0 Å². The topological polar surface area (TPSA) is 55.5 Å². The second-order valence-corrected chi connectivity index (χ2v) is 10.9. The Hall–Kier alpha value is -5.74. The van der Waals surface area contributed by atoms with Gasteiger partial charge in [-0.05, 0) is 94.3 Å². The normalized spacial score (nSPS) is 11.9. The zero-order valence-corrected chi connectivity index (χ0v) is 22.5. The summed E-state index contributed by atoms with van der Waals surface area (Å²) in [5.41, 5.74) is 13.2. The fourth-order valence-electron chi connectivity index (χ4n) is 6.25. The minimum absolute atomic E-state index is 0.721. The molecule has 2 aromatic heterocycles. The highest BCUT2D eigenvalue weighted by atomic mass is 16.3. The SMILES string of the molecule is Nc1ccc(N(c2ccc3c(c2)oc2cc4ccccc4cc23)c2ccc3c(c2)oc2cc4ccccc4cc23)cc1. The van der Waals surface area contributed by atoms with E-state index in [1.54, 1.807) is 0 Å². The third-order valence-electron chi connectivity index (χ3n) is 8.31. The lowest BCUT2D eigenvalue weighted by Gasteiger charge is -2.25. The number of nitrogens with zero attached hydrogens (tertiary/aromatic N) is 1. The average molecular weight is 541 g/mol. The van der Waals surface area contributed by atoms with Gasteiger partial charge in [0.15, 0.2) is 0 Å². The van der Waals surface area contributed by atoms with E-state index in [0.29, 0.717) is 0 Å². The molecule has 4 nitrogen and oxygen atoms in total. The summed E-state index contributed by atoms with van der Waals surface area (Å²) in [6.07, 6.45) is 0. The number of nitrogens with two attached hydrogens (primary N) is 1. The quantitative estimate of drug-likeness (QED) is 0.226. The van der Waals surface area contributed by atoms with Crippen LogP contribution in [-0.2, 0) is 0 Å². The van der Waals surface area contributed by atoms with Gasteiger partial charge < -0.3 is 19.5 Å². The zero-order chi connectivity index (χ0) is 27.8. The van der Waals surface area contributed by atoms with Crippen molar-refractivity contribution in [3.8, 4) is 0 Å². The first kappa shape index (κ1) is 23.0. The van der Waals surface area contributed by atoms with Crippen molar-refractivity contribution in [2.75, 3.05) is 10.6 Å². The van der Waals surface area contributed by atoms with Crippen molar-refractivity contribution in [2.45, 2.75) is 0 Å². The molecule has 0 saturated carbocycles. The molecule has 2 heterocycles. The summed E-state index contributed by atoms with van der Waals surface area (Å²) in [6.45, 7) is 0. The minimum atomic E-state index is 0.721. The first-order chi connectivity index (χ1) is 20.7. The van der Waals surface area contributed by atoms with Crippen LogP contribution < -0.4 is 10.6 Å². The maximum absolute atomic E-state index is 6.42. The van der Waals surface area contributed by atoms with Gasteiger partial charge in [0.25, 0.3) is 0 Å². The molecule has 0 aliphatic rings. The average Bonchev–Trinajstić information content (AvgIpc) is 3.56. The number of furan rings is 2. The predicted octanol–water partition coefficient (Wildman–Crippen LogP) is 10.8. The van der Waals surface area contributed by atoms with Crippen molar-refractivity contribution >= 4 is 88.2 Å². The smallest absolute Gasteiger partial charge is 0.137 e. The first-order valence-corrected chi connectivity index (χ1v) is 14.0. The monoisotopic (exact) mass is 540 g/mol. The Labute approximate surface area is 240 Å². The van der Waals surface area contributed by atoms with E-state index >= 15 is 0 Å². The van der Waals surface area contributed by atoms with Crippen LogP contribution in [0, 0.1) is 0 Å². The Bertz CT molecular complexity index is 2330. The highest BCUT2D eigenvalue weighted by Crippen LogP contribution is 2.41. The predicted molar refractivity (Wildman–Crippen MR) is 175 cm³/mol. The van der Waals surface area contributed by atoms with Gasteiger partial charge in [-0.1, -0.05) is 48.5 Å². The van der Waals surface area contributed by atoms with Crippen LogP contribution in [0.5, 0.6) is 0 Å². The Morgan fingerprint density at radius 1 is 0.381 bits per heavy atom. The number of anilines is 4. The number of benzene rings is 7. The second-order valence-electron chi connectivity index (χ2n) is 10.9. The van der Waals surface area contributed by atoms with E-state index in [9.17, 15) is 0 Å². The van der Waals surface area contributed by atoms with Crippen LogP contribution in [0.25, 0.3) is 65.4 Å². The molecule has 9 rings (SSSR count). The van der Waals surface area contributed by atoms with E-state index in [-0.39, 0.29) is 0 Å². The molecule has 0 aliphatic carbocycles. The second kappa shape index (κ2) is 8.63. The maximum Gasteiger partial charge on any atom is 0.137 e. The molecular weight excluding hydrogens is 516 g/mol. The number of rotatable bonds is 3. The van der Waals surface area contributed by atoms with E-state index in [4.69, 9.17) is 14.6 Å². The van der Waals surface area contributed by atoms with Gasteiger partial charge in [-0.25, -0.2) is 0 Å². The van der Waals surface area contributed by atoms with E-state index in [1.165, 1.54) is 21.5 Å². The molecule has 198 valence electrons. The van der Waals surface area contributed by atoms with Crippen LogP contribution in [-0.4, -0.2) is 0 Å². The molecule has 7 aromatic carbocycles. The molecule has 0 saturated heterocycles. The standard InChI is InChI=1S/C38H24N2O2/c39-27-9-11-28(12-10-27)40(29-13-15-31-33-17-23-5-1-3-7-25(23)19-35(33)41-37(31)21-29)30-14-16-32-34-18-24-6-2-4-8-26(24)20-36(34)42-38(32)22-30/h1-22H,39H2. The maximum atomic E-state index is 6.42. The number of nitrogen functional groups attached to an aromatic ring is 1. The van der Waals surface area contributed by atoms with Gasteiger partial charge in [-0.3, -0.25) is 0 Å². The van der Waals surface area contributed by atoms with E-state index < -0.39 is 0 Å². The molecule has 2 N–H and O–H groups in total. The van der Waals surface area contributed by atoms with Crippen LogP contribution in [0.2, 0.25) is 0 Å². The lowest BCUT2D eigenvalue weighted by Crippen LogP contribution is -2.09. The fourth-order valence-corrected chi connectivity index (χ4v) is 6.25. The number of fused-ring (bicyclic) bond motifs is 8. The summed E-state index contributed by atoms with van der Waals surface area (Å²) < 4.78 is 12.8. The van der Waals surface area contributed by atoms with Crippen molar-refractivity contribution in [1.29, 1.82) is 0 Å². The molecule has 0 atom stereocenters. The van der Waals surface area contributed by atoms with Gasteiger partial charge in [0.2, 0.25) is 0 Å². The number of hydrogen-bond acceptors (Lipinski definition) is 4. The van der Waals surface area contributed by atoms with Gasteiger partial charge in [-0.2, -0.15) is 0 Å². The Morgan fingerprint density at radius 2 is 0.786 bits per heavy atom. The lowest BCUT2D eigenvalue weighted by molar-refractivity contribution is 0.669. The summed E-state index contributed by atoms with van der Waals surface area (Å²) >= 11 is 0. The molecule has 0 fully saturated rings. The first-order valence-electron chi connectivity index (χ1n) is 14.0. The fraction of sp³-hybridized carbons (Fsp3) is 0. The van der Waals surface area contributed by atoms with Gasteiger partial charge in [0.1, 0.15) is 22.3 Å². The van der Waals surface area contributed by atoms with Gasteiger partial charge in [-0.15, -0.1) is 0 Å². The molecule has 0 spiro atoms. The largest absolute Gasteiger partial charge is 0.456 e. The minimum Gasteiger partial charge on any atom is -0.456 e. The lowest BCUT2D eigenvalue weighted by atomic mass is 10.1. The molecular formula is C38H24N2O2.